The lowest BCUT2D eigenvalue weighted by molar-refractivity contribution is -0.104. The van der Waals surface area contributed by atoms with Gasteiger partial charge in [0.2, 0.25) is 10.0 Å². The van der Waals surface area contributed by atoms with Crippen molar-refractivity contribution in [2.75, 3.05) is 30.8 Å². The average Bonchev–Trinajstić information content (AvgIpc) is 3.59. The maximum atomic E-state index is 13.0. The highest BCUT2D eigenvalue weighted by atomic mass is 32.2. The van der Waals surface area contributed by atoms with Crippen molar-refractivity contribution in [3.05, 3.63) is 53.2 Å². The maximum Gasteiger partial charge on any atom is 0.270 e. The first-order valence-electron chi connectivity index (χ1n) is 12.1. The van der Waals surface area contributed by atoms with Gasteiger partial charge in [-0.15, -0.1) is 0 Å². The Labute approximate surface area is 206 Å². The lowest BCUT2D eigenvalue weighted by Crippen LogP contribution is -2.41. The van der Waals surface area contributed by atoms with Gasteiger partial charge < -0.3 is 10.1 Å². The van der Waals surface area contributed by atoms with E-state index in [0.717, 1.165) is 41.5 Å². The Kier molecular flexibility index (Phi) is 6.09. The van der Waals surface area contributed by atoms with Gasteiger partial charge in [-0.25, -0.2) is 13.1 Å². The van der Waals surface area contributed by atoms with Crippen molar-refractivity contribution >= 4 is 32.5 Å². The second-order valence-corrected chi connectivity index (χ2v) is 11.7. The highest BCUT2D eigenvalue weighted by Gasteiger charge is 2.34. The third-order valence-corrected chi connectivity index (χ3v) is 8.35. The molecule has 3 aromatic rings. The molecule has 1 amide bonds. The second-order valence-electron chi connectivity index (χ2n) is 9.80. The van der Waals surface area contributed by atoms with Crippen molar-refractivity contribution in [1.29, 1.82) is 0 Å². The number of nitrogens with zero attached hydrogens (tertiary/aromatic N) is 3. The smallest absolute Gasteiger partial charge is 0.270 e. The molecule has 0 bridgehead atoms. The van der Waals surface area contributed by atoms with E-state index >= 15 is 0 Å². The highest BCUT2D eigenvalue weighted by molar-refractivity contribution is 7.92. The molecule has 186 valence electrons. The van der Waals surface area contributed by atoms with Crippen molar-refractivity contribution in [2.24, 2.45) is 5.92 Å². The normalized spacial score (nSPS) is 20.0. The number of hydrogen-bond acceptors (Lipinski definition) is 5. The summed E-state index contributed by atoms with van der Waals surface area (Å²) in [5.74, 6) is 0.402. The lowest BCUT2D eigenvalue weighted by Gasteiger charge is -2.36. The van der Waals surface area contributed by atoms with Crippen LogP contribution < -0.4 is 9.62 Å². The minimum absolute atomic E-state index is 0.155. The summed E-state index contributed by atoms with van der Waals surface area (Å²) in [7, 11) is -1.91. The Morgan fingerprint density at radius 1 is 1.23 bits per heavy atom. The van der Waals surface area contributed by atoms with Crippen molar-refractivity contribution < 1.29 is 17.9 Å². The first kappa shape index (κ1) is 23.8. The van der Waals surface area contributed by atoms with E-state index in [2.05, 4.69) is 5.32 Å². The number of benzene rings is 2. The van der Waals surface area contributed by atoms with E-state index in [-0.39, 0.29) is 17.9 Å². The molecule has 1 saturated carbocycles. The van der Waals surface area contributed by atoms with E-state index in [4.69, 9.17) is 9.84 Å². The molecule has 0 radical (unpaired) electrons. The number of aryl methyl sites for hydroxylation is 1. The van der Waals surface area contributed by atoms with Gasteiger partial charge in [-0.2, -0.15) is 5.10 Å². The van der Waals surface area contributed by atoms with E-state index in [1.54, 1.807) is 11.7 Å². The maximum absolute atomic E-state index is 13.0. The number of sulfonamides is 1. The Morgan fingerprint density at radius 2 is 1.94 bits per heavy atom. The van der Waals surface area contributed by atoms with Gasteiger partial charge in [0.25, 0.3) is 5.91 Å². The second kappa shape index (κ2) is 8.95. The molecule has 1 aliphatic carbocycles. The van der Waals surface area contributed by atoms with Crippen LogP contribution in [0.4, 0.5) is 5.69 Å². The molecule has 5 rings (SSSR count). The van der Waals surface area contributed by atoms with E-state index in [1.807, 2.05) is 50.2 Å². The molecule has 35 heavy (non-hydrogen) atoms. The molecule has 1 aromatic heterocycles. The molecule has 2 atom stereocenters. The molecular formula is C26H32N4O4S. The minimum Gasteiger partial charge on any atom is -0.378 e. The van der Waals surface area contributed by atoms with E-state index < -0.39 is 10.0 Å². The average molecular weight is 497 g/mol. The fourth-order valence-corrected chi connectivity index (χ4v) is 5.73. The number of nitrogens with one attached hydrogen (secondary N) is 1. The number of fused-ring (bicyclic) bond motifs is 1. The fourth-order valence-electron chi connectivity index (χ4n) is 4.78. The molecule has 2 unspecified atom stereocenters. The monoisotopic (exact) mass is 496 g/mol. The van der Waals surface area contributed by atoms with Gasteiger partial charge in [0.15, 0.2) is 0 Å². The first-order valence-corrected chi connectivity index (χ1v) is 14.0. The third kappa shape index (κ3) is 4.54. The van der Waals surface area contributed by atoms with Crippen LogP contribution in [0.1, 0.15) is 53.7 Å². The zero-order chi connectivity index (χ0) is 24.9. The first-order chi connectivity index (χ1) is 16.7. The van der Waals surface area contributed by atoms with Crippen LogP contribution in [0.5, 0.6) is 0 Å². The largest absolute Gasteiger partial charge is 0.378 e. The zero-order valence-corrected chi connectivity index (χ0v) is 21.4. The SMILES string of the molecule is CNC(=O)c1c2cc(C3CC3)c(N(CCC3COC3C)S(C)(=O)=O)cc2nn1-c1ccc(C)cc1. The Morgan fingerprint density at radius 3 is 2.49 bits per heavy atom. The van der Waals surface area contributed by atoms with Crippen LogP contribution in [-0.4, -0.2) is 56.7 Å². The van der Waals surface area contributed by atoms with E-state index in [0.29, 0.717) is 36.0 Å². The van der Waals surface area contributed by atoms with Crippen LogP contribution in [0.25, 0.3) is 16.6 Å². The Bertz CT molecular complexity index is 1380. The summed E-state index contributed by atoms with van der Waals surface area (Å²) in [5, 5.41) is 8.24. The number of hydrogen-bond donors (Lipinski definition) is 1. The van der Waals surface area contributed by atoms with Crippen LogP contribution in [0.2, 0.25) is 0 Å². The van der Waals surface area contributed by atoms with Gasteiger partial charge >= 0.3 is 0 Å². The molecule has 1 saturated heterocycles. The van der Waals surface area contributed by atoms with Crippen LogP contribution in [0, 0.1) is 12.8 Å². The number of aromatic nitrogens is 2. The zero-order valence-electron chi connectivity index (χ0n) is 20.6. The molecule has 9 heteroatoms. The predicted octanol–water partition coefficient (Wildman–Crippen LogP) is 3.76. The number of ether oxygens (including phenoxy) is 1. The quantitative estimate of drug-likeness (QED) is 0.513. The molecule has 0 spiro atoms. The standard InChI is InChI=1S/C26H32N4O4S/c1-16-5-9-20(10-6-16)30-25(26(31)27-3)22-13-21(18-7-8-18)24(14-23(22)28-30)29(35(4,32)33)12-11-19-15-34-17(19)2/h5-6,9-10,13-14,17-19H,7-8,11-12,15H2,1-4H3,(H,27,31). The molecular weight excluding hydrogens is 464 g/mol. The number of carbonyl (C=O) groups excluding carboxylic acids is 1. The van der Waals surface area contributed by atoms with Gasteiger partial charge in [0, 0.05) is 24.9 Å². The summed E-state index contributed by atoms with van der Waals surface area (Å²) in [6.45, 7) is 5.10. The molecule has 2 heterocycles. The minimum atomic E-state index is -3.51. The van der Waals surface area contributed by atoms with Crippen LogP contribution in [0.3, 0.4) is 0 Å². The van der Waals surface area contributed by atoms with Gasteiger partial charge in [-0.05, 0) is 68.9 Å². The summed E-state index contributed by atoms with van der Waals surface area (Å²) in [6.07, 6.45) is 4.16. The lowest BCUT2D eigenvalue weighted by atomic mass is 9.95. The molecule has 1 aliphatic heterocycles. The number of anilines is 1. The molecule has 8 nitrogen and oxygen atoms in total. The predicted molar refractivity (Wildman–Crippen MR) is 137 cm³/mol. The van der Waals surface area contributed by atoms with Gasteiger partial charge in [-0.3, -0.25) is 9.10 Å². The number of rotatable bonds is 8. The van der Waals surface area contributed by atoms with Crippen LogP contribution >= 0.6 is 0 Å². The van der Waals surface area contributed by atoms with Crippen LogP contribution in [-0.2, 0) is 14.8 Å². The van der Waals surface area contributed by atoms with E-state index in [1.165, 1.54) is 10.6 Å². The number of amides is 1. The topological polar surface area (TPSA) is 93.5 Å². The van der Waals surface area contributed by atoms with Gasteiger partial charge in [0.05, 0.1) is 35.9 Å². The number of carbonyl (C=O) groups is 1. The van der Waals surface area contributed by atoms with Crippen molar-refractivity contribution in [2.45, 2.75) is 45.1 Å². The van der Waals surface area contributed by atoms with E-state index in [9.17, 15) is 13.2 Å². The highest BCUT2D eigenvalue weighted by Crippen LogP contribution is 2.47. The fraction of sp³-hybridized carbons (Fsp3) is 0.462. The molecule has 2 aliphatic rings. The van der Waals surface area contributed by atoms with Gasteiger partial charge in [-0.1, -0.05) is 17.7 Å². The molecule has 1 N–H and O–H groups in total. The van der Waals surface area contributed by atoms with Crippen molar-refractivity contribution in [3.63, 3.8) is 0 Å². The van der Waals surface area contributed by atoms with Crippen molar-refractivity contribution in [1.82, 2.24) is 15.1 Å². The summed E-state index contributed by atoms with van der Waals surface area (Å²) in [4.78, 5) is 13.0. The third-order valence-electron chi connectivity index (χ3n) is 7.17. The molecule has 2 aromatic carbocycles. The molecule has 2 fully saturated rings. The summed E-state index contributed by atoms with van der Waals surface area (Å²) in [5.41, 5.74) is 4.57. The Hall–Kier alpha value is -2.91. The Balaban J connectivity index is 1.66. The summed E-state index contributed by atoms with van der Waals surface area (Å²) in [6, 6.07) is 11.7. The van der Waals surface area contributed by atoms with Crippen LogP contribution in [0.15, 0.2) is 36.4 Å². The summed E-state index contributed by atoms with van der Waals surface area (Å²) < 4.78 is 34.6. The van der Waals surface area contributed by atoms with Crippen molar-refractivity contribution in [3.8, 4) is 5.69 Å². The summed E-state index contributed by atoms with van der Waals surface area (Å²) >= 11 is 0. The van der Waals surface area contributed by atoms with Gasteiger partial charge in [0.1, 0.15) is 5.69 Å².